The van der Waals surface area contributed by atoms with E-state index >= 15 is 0 Å². The van der Waals surface area contributed by atoms with Crippen LogP contribution >= 0.6 is 11.8 Å². The van der Waals surface area contributed by atoms with Gasteiger partial charge in [0.15, 0.2) is 17.3 Å². The molecule has 11 N–H and O–H groups in total. The number of nitrogens with zero attached hydrogens (tertiary/aromatic N) is 2. The molecule has 6 rings (SSSR count). The van der Waals surface area contributed by atoms with Crippen molar-refractivity contribution in [2.75, 3.05) is 51.7 Å². The lowest BCUT2D eigenvalue weighted by atomic mass is 9.85. The molecule has 2 unspecified atom stereocenters. The summed E-state index contributed by atoms with van der Waals surface area (Å²) in [7, 11) is 0. The topological polar surface area (TPSA) is 366 Å². The number of aromatic amines is 1. The van der Waals surface area contributed by atoms with Crippen LogP contribution in [0.15, 0.2) is 23.2 Å². The molecule has 4 aliphatic rings. The minimum Gasteiger partial charge on any atom is -0.494 e. The number of aromatic nitrogens is 1. The molecule has 428 valence electrons. The predicted molar refractivity (Wildman–Crippen MR) is 282 cm³/mol. The van der Waals surface area contributed by atoms with Crippen LogP contribution in [0, 0.1) is 29.6 Å². The van der Waals surface area contributed by atoms with Crippen LogP contribution < -0.4 is 37.1 Å². The molecule has 0 saturated carbocycles. The first kappa shape index (κ1) is 60.9. The zero-order chi connectivity index (χ0) is 57.0. The lowest BCUT2D eigenvalue weighted by Crippen LogP contribution is -2.55. The molecule has 25 heteroatoms. The van der Waals surface area contributed by atoms with Crippen molar-refractivity contribution in [1.29, 1.82) is 0 Å². The number of hydrogen-bond donors (Lipinski definition) is 10. The number of H-pyrrole nitrogens is 1. The number of nitrogens with two attached hydrogens (primary N) is 1. The fraction of sp³-hybridized carbons (Fsp3) is 0.642. The number of amides is 8. The zero-order valence-corrected chi connectivity index (χ0v) is 45.5. The molecule has 2 saturated heterocycles. The van der Waals surface area contributed by atoms with E-state index in [4.69, 9.17) is 10.5 Å². The second-order valence-corrected chi connectivity index (χ2v) is 22.2. The highest BCUT2D eigenvalue weighted by atomic mass is 32.2. The molecule has 0 radical (unpaired) electrons. The number of ether oxygens (including phenoxy) is 1. The number of ketones is 3. The van der Waals surface area contributed by atoms with Crippen molar-refractivity contribution in [3.63, 3.8) is 0 Å². The number of hydrogen-bond acceptors (Lipinski definition) is 17. The lowest BCUT2D eigenvalue weighted by molar-refractivity contribution is -0.139. The van der Waals surface area contributed by atoms with Crippen molar-refractivity contribution in [3.05, 3.63) is 23.8 Å². The molecule has 11 atom stereocenters. The molecule has 78 heavy (non-hydrogen) atoms. The van der Waals surface area contributed by atoms with Crippen LogP contribution in [0.25, 0.3) is 10.9 Å². The smallest absolute Gasteiger partial charge is 0.243 e. The van der Waals surface area contributed by atoms with Crippen molar-refractivity contribution in [2.45, 2.75) is 140 Å². The van der Waals surface area contributed by atoms with Crippen molar-refractivity contribution in [2.24, 2.45) is 35.3 Å². The highest BCUT2D eigenvalue weighted by molar-refractivity contribution is 7.99. The van der Waals surface area contributed by atoms with E-state index in [2.05, 4.69) is 31.6 Å². The van der Waals surface area contributed by atoms with Gasteiger partial charge in [-0.1, -0.05) is 47.0 Å². The summed E-state index contributed by atoms with van der Waals surface area (Å²) in [6, 6.07) is -0.192. The van der Waals surface area contributed by atoms with Crippen LogP contribution in [-0.2, 0) is 59.2 Å². The number of carbonyl (C=O) groups excluding carboxylic acids is 11. The van der Waals surface area contributed by atoms with Crippen molar-refractivity contribution >= 4 is 87.3 Å². The van der Waals surface area contributed by atoms with Crippen LogP contribution in [0.3, 0.4) is 0 Å². The number of thioether (sulfide) groups is 1. The SMILES string of the molecule is CC[C@H](C)[C@@H]1NC(=O)CNC(=O)[C@H]2CC(=O)[C@H]([C@@H](C)[C@@H](O)CO)NC(=O)[C@@H]3CC(O)CN3CC(=O)[C@H](CC(N)=O)CC(=O)[C@H](CSc3[nH]c4cc(OCCCCCCN5C(=O)CC(C)C5=O)ccc4c3C2)NC(=O)CNC1=O. The predicted octanol–water partition coefficient (Wildman–Crippen LogP) is -1.08. The molecule has 1 aromatic heterocycles. The fourth-order valence-corrected chi connectivity index (χ4v) is 11.5. The Bertz CT molecular complexity index is 2590. The summed E-state index contributed by atoms with van der Waals surface area (Å²) in [4.78, 5) is 156. The minimum atomic E-state index is -1.56. The fourth-order valence-electron chi connectivity index (χ4n) is 10.4. The quantitative estimate of drug-likeness (QED) is 0.0749. The average Bonchev–Trinajstić information content (AvgIpc) is 4.10. The van der Waals surface area contributed by atoms with Gasteiger partial charge in [0.1, 0.15) is 11.8 Å². The Labute approximate surface area is 456 Å². The molecular formula is C53H75N9O15S. The van der Waals surface area contributed by atoms with Crippen LogP contribution in [0.5, 0.6) is 5.75 Å². The van der Waals surface area contributed by atoms with Crippen molar-refractivity contribution in [3.8, 4) is 5.75 Å². The Balaban J connectivity index is 1.41. The first-order chi connectivity index (χ1) is 37.1. The maximum Gasteiger partial charge on any atom is 0.243 e. The Kier molecular flexibility index (Phi) is 21.9. The summed E-state index contributed by atoms with van der Waals surface area (Å²) in [5.74, 6) is -11.7. The summed E-state index contributed by atoms with van der Waals surface area (Å²) >= 11 is 1.06. The molecule has 8 amide bonds. The van der Waals surface area contributed by atoms with Gasteiger partial charge in [-0.05, 0) is 49.3 Å². The Morgan fingerprint density at radius 2 is 1.55 bits per heavy atom. The molecule has 1 aromatic carbocycles. The number of carbonyl (C=O) groups is 11. The summed E-state index contributed by atoms with van der Waals surface area (Å²) in [6.07, 6.45) is -1.46. The highest BCUT2D eigenvalue weighted by Crippen LogP contribution is 2.36. The van der Waals surface area contributed by atoms with Gasteiger partial charge in [0, 0.05) is 79.6 Å². The number of fused-ring (bicyclic) bond motifs is 5. The van der Waals surface area contributed by atoms with Gasteiger partial charge < -0.3 is 57.4 Å². The highest BCUT2D eigenvalue weighted by Gasteiger charge is 2.43. The van der Waals surface area contributed by atoms with E-state index < -0.39 is 158 Å². The van der Waals surface area contributed by atoms with E-state index in [1.165, 1.54) is 16.7 Å². The van der Waals surface area contributed by atoms with E-state index in [1.54, 1.807) is 39.0 Å². The maximum absolute atomic E-state index is 14.8. The number of Topliss-reactive ketones (excluding diaryl/α,β-unsaturated/α-hetero) is 3. The van der Waals surface area contributed by atoms with Crippen LogP contribution in [0.2, 0.25) is 0 Å². The molecule has 4 aliphatic heterocycles. The third-order valence-electron chi connectivity index (χ3n) is 15.3. The minimum absolute atomic E-state index is 0.150. The normalized spacial score (nSPS) is 27.2. The van der Waals surface area contributed by atoms with E-state index in [9.17, 15) is 68.1 Å². The Hall–Kier alpha value is -6.28. The maximum atomic E-state index is 14.8. The van der Waals surface area contributed by atoms with E-state index in [0.717, 1.165) is 24.6 Å². The summed E-state index contributed by atoms with van der Waals surface area (Å²) in [6.45, 7) is 4.48. The molecule has 24 nitrogen and oxygen atoms in total. The first-order valence-corrected chi connectivity index (χ1v) is 27.8. The summed E-state index contributed by atoms with van der Waals surface area (Å²) in [5.41, 5.74) is 6.58. The zero-order valence-electron chi connectivity index (χ0n) is 44.6. The van der Waals surface area contributed by atoms with Gasteiger partial charge in [-0.2, -0.15) is 0 Å². The molecule has 0 spiro atoms. The molecule has 2 bridgehead atoms. The molecule has 5 heterocycles. The average molecular weight is 1110 g/mol. The number of likely N-dealkylation sites (tertiary alicyclic amines) is 1. The number of aliphatic hydroxyl groups excluding tert-OH is 3. The van der Waals surface area contributed by atoms with E-state index in [0.29, 0.717) is 59.7 Å². The number of unbranched alkanes of at least 4 members (excludes halogenated alkanes) is 3. The van der Waals surface area contributed by atoms with Gasteiger partial charge in [0.05, 0.1) is 73.7 Å². The van der Waals surface area contributed by atoms with E-state index in [1.807, 2.05) is 0 Å². The van der Waals surface area contributed by atoms with Gasteiger partial charge in [-0.15, -0.1) is 11.8 Å². The number of benzene rings is 1. The number of imide groups is 1. The van der Waals surface area contributed by atoms with Gasteiger partial charge in [0.2, 0.25) is 47.3 Å². The number of rotatable bonds is 15. The number of nitrogens with one attached hydrogen (secondary N) is 6. The van der Waals surface area contributed by atoms with Gasteiger partial charge in [-0.3, -0.25) is 62.5 Å². The van der Waals surface area contributed by atoms with Crippen LogP contribution in [0.1, 0.15) is 97.5 Å². The van der Waals surface area contributed by atoms with Crippen LogP contribution in [-0.4, -0.2) is 183 Å². The lowest BCUT2D eigenvalue weighted by Gasteiger charge is -2.31. The second-order valence-electron chi connectivity index (χ2n) is 21.2. The third kappa shape index (κ3) is 15.9. The Morgan fingerprint density at radius 1 is 0.846 bits per heavy atom. The number of primary amides is 1. The van der Waals surface area contributed by atoms with Crippen molar-refractivity contribution < 1.29 is 72.8 Å². The van der Waals surface area contributed by atoms with Gasteiger partial charge in [-0.25, -0.2) is 0 Å². The summed E-state index contributed by atoms with van der Waals surface area (Å²) < 4.78 is 6.14. The standard InChI is InChI=1S/C53H75N9O15S/c1-5-27(2)47-51(75)56-21-44(70)57-37-26-78-52-35(34-11-10-33(20-36(34)58-52)77-13-9-7-6-8-12-62-46(72)14-28(3)53(62)76)15-31(49(73)55-22-45(71)59-47)17-40(66)48(29(4)42(68)25-63)60-50(74)38-19-32(64)23-61(38)24-41(67)30(16-39(37)65)18-43(54)69/h10-11,20,27-32,37-38,42,47-48,58,63-64,68H,5-9,12-19,21-26H2,1-4H3,(H2,54,69)(H,55,73)(H,56,75)(H,57,70)(H,59,71)(H,60,74)/t27-,28?,29-,30-,31+,32?,37-,38-,42-,47-,48-/m0/s1. The van der Waals surface area contributed by atoms with Gasteiger partial charge >= 0.3 is 0 Å². The van der Waals surface area contributed by atoms with Gasteiger partial charge in [0.25, 0.3) is 0 Å². The van der Waals surface area contributed by atoms with E-state index in [-0.39, 0.29) is 49.3 Å². The molecule has 0 aliphatic carbocycles. The molecular weight excluding hydrogens is 1030 g/mol. The Morgan fingerprint density at radius 3 is 2.23 bits per heavy atom. The summed E-state index contributed by atoms with van der Waals surface area (Å²) in [5, 5.41) is 45.8. The monoisotopic (exact) mass is 1110 g/mol. The number of aliphatic hydroxyl groups is 3. The molecule has 2 aromatic rings. The van der Waals surface area contributed by atoms with Crippen molar-refractivity contribution in [1.82, 2.24) is 41.4 Å². The largest absolute Gasteiger partial charge is 0.494 e. The van der Waals surface area contributed by atoms with Crippen LogP contribution in [0.4, 0.5) is 0 Å². The molecule has 2 fully saturated rings. The third-order valence-corrected chi connectivity index (χ3v) is 16.4. The second kappa shape index (κ2) is 28.0. The first-order valence-electron chi connectivity index (χ1n) is 26.8.